The Bertz CT molecular complexity index is 1770. The van der Waals surface area contributed by atoms with Gasteiger partial charge in [-0.3, -0.25) is 14.8 Å². The first-order chi connectivity index (χ1) is 22.2. The van der Waals surface area contributed by atoms with Crippen LogP contribution in [0.1, 0.15) is 59.7 Å². The second-order valence-electron chi connectivity index (χ2n) is 11.4. The lowest BCUT2D eigenvalue weighted by Crippen LogP contribution is -2.41. The van der Waals surface area contributed by atoms with Crippen molar-refractivity contribution in [3.63, 3.8) is 0 Å². The van der Waals surface area contributed by atoms with E-state index in [-0.39, 0.29) is 47.9 Å². The average molecular weight is 706 g/mol. The van der Waals surface area contributed by atoms with E-state index in [0.717, 1.165) is 17.3 Å². The highest BCUT2D eigenvalue weighted by Crippen LogP contribution is 2.37. The van der Waals surface area contributed by atoms with Crippen molar-refractivity contribution < 1.29 is 23.5 Å². The molecule has 0 spiro atoms. The molecule has 248 valence electrons. The van der Waals surface area contributed by atoms with E-state index in [1.807, 2.05) is 24.5 Å². The standard InChI is InChI=1S/C33H33Cl3F2N6O3/c1-33(2,19-5-11-23(34)25(36)16-19)28-17-42-29(44(28)21-8-6-20(37)7-9-21)12-10-22-24(35)14-18(15-26(22)38)30(45)43-27(31(46)47)4-3-13-41-32(39)40/h5-9,11,14-17,27H,3-4,10,12-13H2,1-2H3,(H,43,45)(H,46,47)(H4,39,40,41)/t27-/m0/s1. The number of hydrogen-bond donors (Lipinski definition) is 5. The number of aryl methyl sites for hydroxylation is 1. The van der Waals surface area contributed by atoms with Crippen LogP contribution >= 0.6 is 34.8 Å². The number of benzene rings is 3. The molecule has 1 heterocycles. The minimum Gasteiger partial charge on any atom is -0.480 e. The number of nitrogens with one attached hydrogen (secondary N) is 3. The summed E-state index contributed by atoms with van der Waals surface area (Å²) in [5.41, 5.74) is 6.87. The lowest BCUT2D eigenvalue weighted by Gasteiger charge is -2.28. The Morgan fingerprint density at radius 1 is 1.02 bits per heavy atom. The van der Waals surface area contributed by atoms with Gasteiger partial charge in [-0.1, -0.05) is 54.7 Å². The topological polar surface area (TPSA) is 146 Å². The molecule has 6 N–H and O–H groups in total. The Hall–Kier alpha value is -4.19. The minimum absolute atomic E-state index is 0.0102. The lowest BCUT2D eigenvalue weighted by atomic mass is 9.81. The molecule has 1 atom stereocenters. The van der Waals surface area contributed by atoms with Crippen LogP contribution in [0.4, 0.5) is 8.78 Å². The van der Waals surface area contributed by atoms with Gasteiger partial charge >= 0.3 is 5.97 Å². The highest BCUT2D eigenvalue weighted by molar-refractivity contribution is 6.42. The van der Waals surface area contributed by atoms with Gasteiger partial charge in [0.25, 0.3) is 5.91 Å². The third-order valence-electron chi connectivity index (χ3n) is 7.79. The van der Waals surface area contributed by atoms with Gasteiger partial charge in [0.1, 0.15) is 23.5 Å². The van der Waals surface area contributed by atoms with Crippen molar-refractivity contribution in [1.82, 2.24) is 20.2 Å². The molecule has 0 radical (unpaired) electrons. The Morgan fingerprint density at radius 3 is 2.34 bits per heavy atom. The molecule has 0 aliphatic heterocycles. The van der Waals surface area contributed by atoms with Gasteiger partial charge in [-0.25, -0.2) is 18.6 Å². The van der Waals surface area contributed by atoms with Crippen LogP contribution in [0.3, 0.4) is 0 Å². The number of amides is 1. The molecule has 47 heavy (non-hydrogen) atoms. The first kappa shape index (κ1) is 35.7. The summed E-state index contributed by atoms with van der Waals surface area (Å²) in [6.45, 7) is 4.23. The normalized spacial score (nSPS) is 12.1. The van der Waals surface area contributed by atoms with E-state index in [1.54, 1.807) is 30.5 Å². The molecule has 4 rings (SSSR count). The van der Waals surface area contributed by atoms with Gasteiger partial charge in [0.05, 0.1) is 15.7 Å². The minimum atomic E-state index is -1.26. The van der Waals surface area contributed by atoms with Gasteiger partial charge in [-0.2, -0.15) is 0 Å². The molecule has 0 aliphatic rings. The summed E-state index contributed by atoms with van der Waals surface area (Å²) in [5, 5.41) is 22.4. The molecular formula is C33H33Cl3F2N6O3. The number of guanidine groups is 1. The zero-order chi connectivity index (χ0) is 34.5. The maximum absolute atomic E-state index is 15.4. The van der Waals surface area contributed by atoms with E-state index >= 15 is 4.39 Å². The highest BCUT2D eigenvalue weighted by Gasteiger charge is 2.30. The van der Waals surface area contributed by atoms with Crippen molar-refractivity contribution >= 4 is 52.6 Å². The number of aliphatic carboxylic acids is 1. The van der Waals surface area contributed by atoms with Crippen LogP contribution in [0.25, 0.3) is 5.69 Å². The van der Waals surface area contributed by atoms with Crippen LogP contribution in [0.5, 0.6) is 0 Å². The van der Waals surface area contributed by atoms with Crippen molar-refractivity contribution in [3.8, 4) is 5.69 Å². The van der Waals surface area contributed by atoms with E-state index in [9.17, 15) is 19.1 Å². The molecule has 1 amide bonds. The fourth-order valence-electron chi connectivity index (χ4n) is 5.16. The summed E-state index contributed by atoms with van der Waals surface area (Å²) >= 11 is 19.0. The first-order valence-corrected chi connectivity index (χ1v) is 15.7. The number of carbonyl (C=O) groups is 2. The van der Waals surface area contributed by atoms with Gasteiger partial charge in [-0.15, -0.1) is 0 Å². The zero-order valence-corrected chi connectivity index (χ0v) is 27.8. The lowest BCUT2D eigenvalue weighted by molar-refractivity contribution is -0.139. The summed E-state index contributed by atoms with van der Waals surface area (Å²) in [6.07, 6.45) is 2.41. The fraction of sp³-hybridized carbons (Fsp3) is 0.273. The third-order valence-corrected chi connectivity index (χ3v) is 8.87. The molecule has 1 aromatic heterocycles. The average Bonchev–Trinajstić information content (AvgIpc) is 3.44. The molecule has 0 saturated heterocycles. The maximum Gasteiger partial charge on any atom is 0.326 e. The van der Waals surface area contributed by atoms with Crippen LogP contribution in [0.15, 0.2) is 60.8 Å². The molecule has 14 heteroatoms. The van der Waals surface area contributed by atoms with E-state index < -0.39 is 35.0 Å². The van der Waals surface area contributed by atoms with E-state index in [1.165, 1.54) is 18.2 Å². The van der Waals surface area contributed by atoms with E-state index in [4.69, 9.17) is 45.9 Å². The number of aromatic nitrogens is 2. The monoisotopic (exact) mass is 704 g/mol. The molecule has 0 bridgehead atoms. The van der Waals surface area contributed by atoms with Crippen LogP contribution in [-0.4, -0.2) is 45.1 Å². The number of hydrogen-bond acceptors (Lipinski definition) is 4. The molecule has 0 aliphatic carbocycles. The summed E-state index contributed by atoms with van der Waals surface area (Å²) in [6, 6.07) is 12.3. The van der Waals surface area contributed by atoms with Crippen molar-refractivity contribution in [3.05, 3.63) is 116 Å². The predicted octanol–water partition coefficient (Wildman–Crippen LogP) is 6.67. The molecule has 0 saturated carbocycles. The maximum atomic E-state index is 15.4. The van der Waals surface area contributed by atoms with Gasteiger partial charge < -0.3 is 21.5 Å². The predicted molar refractivity (Wildman–Crippen MR) is 179 cm³/mol. The summed E-state index contributed by atoms with van der Waals surface area (Å²) in [7, 11) is 0. The smallest absolute Gasteiger partial charge is 0.326 e. The fourth-order valence-corrected chi connectivity index (χ4v) is 5.76. The summed E-state index contributed by atoms with van der Waals surface area (Å²) < 4.78 is 31.2. The molecule has 4 aromatic rings. The molecule has 9 nitrogen and oxygen atoms in total. The SMILES string of the molecule is CC(C)(c1ccc(Cl)c(Cl)c1)c1cnc(CCc2c(F)cc(C(=O)N[C@@H](CCCNC(=N)N)C(=O)O)cc2Cl)n1-c1ccc(F)cc1. The Morgan fingerprint density at radius 2 is 1.72 bits per heavy atom. The number of halogens is 5. The quantitative estimate of drug-likeness (QED) is 0.0597. The Kier molecular flexibility index (Phi) is 11.5. The van der Waals surface area contributed by atoms with Gasteiger partial charge in [-0.05, 0) is 73.4 Å². The Labute approximate surface area is 285 Å². The van der Waals surface area contributed by atoms with Crippen molar-refractivity contribution in [2.45, 2.75) is 51.0 Å². The number of carboxylic acid groups (broad SMARTS) is 1. The Balaban J connectivity index is 1.58. The van der Waals surface area contributed by atoms with Crippen LogP contribution in [0, 0.1) is 17.0 Å². The largest absolute Gasteiger partial charge is 0.480 e. The number of imidazole rings is 1. The highest BCUT2D eigenvalue weighted by atomic mass is 35.5. The van der Waals surface area contributed by atoms with E-state index in [0.29, 0.717) is 28.0 Å². The molecule has 0 unspecified atom stereocenters. The van der Waals surface area contributed by atoms with Crippen LogP contribution < -0.4 is 16.4 Å². The van der Waals surface area contributed by atoms with Crippen molar-refractivity contribution in [1.29, 1.82) is 5.41 Å². The summed E-state index contributed by atoms with van der Waals surface area (Å²) in [5.74, 6) is -2.90. The van der Waals surface area contributed by atoms with Gasteiger partial charge in [0, 0.05) is 46.4 Å². The third kappa shape index (κ3) is 8.59. The van der Waals surface area contributed by atoms with Crippen molar-refractivity contribution in [2.75, 3.05) is 6.54 Å². The number of carboxylic acids is 1. The molecular weight excluding hydrogens is 673 g/mol. The second-order valence-corrected chi connectivity index (χ2v) is 12.6. The molecule has 0 fully saturated rings. The number of nitrogens with zero attached hydrogens (tertiary/aromatic N) is 2. The number of nitrogens with two attached hydrogens (primary N) is 1. The van der Waals surface area contributed by atoms with Crippen LogP contribution in [-0.2, 0) is 23.1 Å². The molecule has 3 aromatic carbocycles. The van der Waals surface area contributed by atoms with E-state index in [2.05, 4.69) is 15.6 Å². The van der Waals surface area contributed by atoms with Crippen molar-refractivity contribution in [2.24, 2.45) is 5.73 Å². The summed E-state index contributed by atoms with van der Waals surface area (Å²) in [4.78, 5) is 29.2. The van der Waals surface area contributed by atoms with Gasteiger partial charge in [0.2, 0.25) is 0 Å². The number of rotatable bonds is 13. The number of carbonyl (C=O) groups excluding carboxylic acids is 1. The van der Waals surface area contributed by atoms with Crippen LogP contribution in [0.2, 0.25) is 15.1 Å². The van der Waals surface area contributed by atoms with Gasteiger partial charge in [0.15, 0.2) is 5.96 Å². The second kappa shape index (κ2) is 15.1. The zero-order valence-electron chi connectivity index (χ0n) is 25.5. The first-order valence-electron chi connectivity index (χ1n) is 14.6.